The van der Waals surface area contributed by atoms with Crippen LogP contribution in [0.3, 0.4) is 0 Å². The zero-order valence-electron chi connectivity index (χ0n) is 7.82. The first-order valence-electron chi connectivity index (χ1n) is 4.24. The highest BCUT2D eigenvalue weighted by Crippen LogP contribution is 2.09. The Balaban J connectivity index is 2.64. The summed E-state index contributed by atoms with van der Waals surface area (Å²) in [6, 6.07) is 0. The first-order chi connectivity index (χ1) is 6.52. The van der Waals surface area contributed by atoms with Crippen LogP contribution < -0.4 is 0 Å². The second kappa shape index (κ2) is 4.04. The van der Waals surface area contributed by atoms with Gasteiger partial charge in [-0.05, 0) is 13.3 Å². The number of aliphatic carboxylic acids is 1. The molecule has 0 radical (unpaired) electrons. The first kappa shape index (κ1) is 10.4. The number of carbonyl (C=O) groups excluding carboxylic acids is 2. The van der Waals surface area contributed by atoms with Gasteiger partial charge in [-0.15, -0.1) is 0 Å². The van der Waals surface area contributed by atoms with Gasteiger partial charge in [0.1, 0.15) is 0 Å². The van der Waals surface area contributed by atoms with E-state index in [1.54, 1.807) is 0 Å². The van der Waals surface area contributed by atoms with Crippen molar-refractivity contribution in [3.8, 4) is 0 Å². The minimum Gasteiger partial charge on any atom is -0.475 e. The molecule has 14 heavy (non-hydrogen) atoms. The van der Waals surface area contributed by atoms with Gasteiger partial charge in [0.05, 0.1) is 0 Å². The number of Topliss-reactive ketones (excluding diaryl/α,β-unsaturated/α-hetero) is 1. The number of rotatable bonds is 2. The molecule has 0 saturated heterocycles. The Labute approximate surface area is 81.0 Å². The highest BCUT2D eigenvalue weighted by atomic mass is 16.4. The molecule has 1 N–H and O–H groups in total. The third-order valence-corrected chi connectivity index (χ3v) is 2.11. The van der Waals surface area contributed by atoms with Gasteiger partial charge in [0.25, 0.3) is 0 Å². The Kier molecular flexibility index (Phi) is 3.01. The maximum Gasteiger partial charge on any atom is 0.382 e. The molecule has 0 unspecified atom stereocenters. The van der Waals surface area contributed by atoms with Crippen molar-refractivity contribution >= 4 is 17.7 Å². The lowest BCUT2D eigenvalue weighted by Crippen LogP contribution is -2.41. The number of ketones is 1. The maximum atomic E-state index is 11.2. The Bertz CT molecular complexity index is 319. The number of carboxylic acids is 1. The summed E-state index contributed by atoms with van der Waals surface area (Å²) < 4.78 is 0. The highest BCUT2D eigenvalue weighted by molar-refractivity contribution is 6.61. The third kappa shape index (κ3) is 2.18. The lowest BCUT2D eigenvalue weighted by Gasteiger charge is -2.23. The van der Waals surface area contributed by atoms with E-state index in [0.717, 1.165) is 5.57 Å². The van der Waals surface area contributed by atoms with Crippen molar-refractivity contribution in [1.82, 2.24) is 4.90 Å². The van der Waals surface area contributed by atoms with E-state index in [2.05, 4.69) is 0 Å². The SMILES string of the molecule is CC1=CCN(C(=O)C(=O)C(=O)O)CC1. The Morgan fingerprint density at radius 1 is 1.43 bits per heavy atom. The number of amides is 1. The Hall–Kier alpha value is -1.65. The summed E-state index contributed by atoms with van der Waals surface area (Å²) in [5, 5.41) is 8.32. The van der Waals surface area contributed by atoms with Crippen LogP contribution in [0.1, 0.15) is 13.3 Å². The molecule has 0 bridgehead atoms. The molecular formula is C9H11NO4. The summed E-state index contributed by atoms with van der Waals surface area (Å²) in [6.07, 6.45) is 2.51. The van der Waals surface area contributed by atoms with Gasteiger partial charge in [-0.1, -0.05) is 11.6 Å². The molecule has 0 saturated carbocycles. The minimum atomic E-state index is -1.69. The average Bonchev–Trinajstić information content (AvgIpc) is 2.16. The molecular weight excluding hydrogens is 186 g/mol. The van der Waals surface area contributed by atoms with Crippen LogP contribution in [0.2, 0.25) is 0 Å². The topological polar surface area (TPSA) is 74.7 Å². The van der Waals surface area contributed by atoms with Gasteiger partial charge < -0.3 is 10.0 Å². The van der Waals surface area contributed by atoms with E-state index in [-0.39, 0.29) is 0 Å². The standard InChI is InChI=1S/C9H11NO4/c1-6-2-4-10(5-3-6)8(12)7(11)9(13)14/h2H,3-5H2,1H3,(H,13,14). The molecule has 0 aromatic rings. The van der Waals surface area contributed by atoms with Crippen LogP contribution in [-0.4, -0.2) is 40.8 Å². The van der Waals surface area contributed by atoms with Crippen molar-refractivity contribution in [2.45, 2.75) is 13.3 Å². The predicted molar refractivity (Wildman–Crippen MR) is 47.6 cm³/mol. The molecule has 1 aliphatic heterocycles. The molecule has 0 atom stereocenters. The summed E-state index contributed by atoms with van der Waals surface area (Å²) in [7, 11) is 0. The fourth-order valence-electron chi connectivity index (χ4n) is 1.19. The quantitative estimate of drug-likeness (QED) is 0.378. The zero-order chi connectivity index (χ0) is 10.7. The summed E-state index contributed by atoms with van der Waals surface area (Å²) in [5.74, 6) is -3.99. The lowest BCUT2D eigenvalue weighted by molar-refractivity contribution is -0.156. The molecule has 0 spiro atoms. The number of carbonyl (C=O) groups is 3. The lowest BCUT2D eigenvalue weighted by atomic mass is 10.1. The average molecular weight is 197 g/mol. The van der Waals surface area contributed by atoms with Crippen LogP contribution in [-0.2, 0) is 14.4 Å². The summed E-state index contributed by atoms with van der Waals surface area (Å²) in [5.41, 5.74) is 1.15. The van der Waals surface area contributed by atoms with Gasteiger partial charge in [-0.25, -0.2) is 4.79 Å². The van der Waals surface area contributed by atoms with Gasteiger partial charge in [0.2, 0.25) is 0 Å². The van der Waals surface area contributed by atoms with E-state index in [4.69, 9.17) is 5.11 Å². The first-order valence-corrected chi connectivity index (χ1v) is 4.24. The van der Waals surface area contributed by atoms with Gasteiger partial charge in [-0.2, -0.15) is 0 Å². The normalized spacial score (nSPS) is 16.1. The number of hydrogen-bond donors (Lipinski definition) is 1. The molecule has 1 rings (SSSR count). The van der Waals surface area contributed by atoms with E-state index >= 15 is 0 Å². The third-order valence-electron chi connectivity index (χ3n) is 2.11. The van der Waals surface area contributed by atoms with E-state index in [0.29, 0.717) is 19.5 Å². The minimum absolute atomic E-state index is 0.323. The van der Waals surface area contributed by atoms with Crippen molar-refractivity contribution in [3.05, 3.63) is 11.6 Å². The number of carboxylic acid groups (broad SMARTS) is 1. The molecule has 0 aromatic heterocycles. The fourth-order valence-corrected chi connectivity index (χ4v) is 1.19. The Morgan fingerprint density at radius 2 is 2.07 bits per heavy atom. The van der Waals surface area contributed by atoms with Crippen molar-refractivity contribution in [2.75, 3.05) is 13.1 Å². The van der Waals surface area contributed by atoms with Crippen LogP contribution in [0, 0.1) is 0 Å². The van der Waals surface area contributed by atoms with E-state index < -0.39 is 17.7 Å². The van der Waals surface area contributed by atoms with E-state index in [9.17, 15) is 14.4 Å². The number of nitrogens with zero attached hydrogens (tertiary/aromatic N) is 1. The highest BCUT2D eigenvalue weighted by Gasteiger charge is 2.27. The molecule has 0 aromatic carbocycles. The molecule has 76 valence electrons. The summed E-state index contributed by atoms with van der Waals surface area (Å²) in [6.45, 7) is 2.67. The molecule has 5 nitrogen and oxygen atoms in total. The van der Waals surface area contributed by atoms with Gasteiger partial charge in [0.15, 0.2) is 0 Å². The van der Waals surface area contributed by atoms with Crippen LogP contribution in [0.15, 0.2) is 11.6 Å². The molecule has 1 amide bonds. The van der Waals surface area contributed by atoms with Crippen LogP contribution in [0.25, 0.3) is 0 Å². The molecule has 0 fully saturated rings. The van der Waals surface area contributed by atoms with E-state index in [1.165, 1.54) is 4.90 Å². The summed E-state index contributed by atoms with van der Waals surface area (Å²) in [4.78, 5) is 33.5. The second-order valence-corrected chi connectivity index (χ2v) is 3.19. The zero-order valence-corrected chi connectivity index (χ0v) is 7.82. The maximum absolute atomic E-state index is 11.2. The van der Waals surface area contributed by atoms with Crippen molar-refractivity contribution in [2.24, 2.45) is 0 Å². The number of hydrogen-bond acceptors (Lipinski definition) is 3. The predicted octanol–water partition coefficient (Wildman–Crippen LogP) is -0.181. The molecule has 0 aliphatic carbocycles. The van der Waals surface area contributed by atoms with Crippen molar-refractivity contribution < 1.29 is 19.5 Å². The van der Waals surface area contributed by atoms with Gasteiger partial charge >= 0.3 is 17.7 Å². The van der Waals surface area contributed by atoms with Crippen LogP contribution >= 0.6 is 0 Å². The van der Waals surface area contributed by atoms with Crippen LogP contribution in [0.5, 0.6) is 0 Å². The molecule has 1 heterocycles. The fraction of sp³-hybridized carbons (Fsp3) is 0.444. The van der Waals surface area contributed by atoms with Crippen molar-refractivity contribution in [1.29, 1.82) is 0 Å². The van der Waals surface area contributed by atoms with Crippen molar-refractivity contribution in [3.63, 3.8) is 0 Å². The van der Waals surface area contributed by atoms with E-state index in [1.807, 2.05) is 13.0 Å². The smallest absolute Gasteiger partial charge is 0.382 e. The largest absolute Gasteiger partial charge is 0.475 e. The summed E-state index contributed by atoms with van der Waals surface area (Å²) >= 11 is 0. The molecule has 1 aliphatic rings. The van der Waals surface area contributed by atoms with Gasteiger partial charge in [0, 0.05) is 13.1 Å². The monoisotopic (exact) mass is 197 g/mol. The Morgan fingerprint density at radius 3 is 2.50 bits per heavy atom. The van der Waals surface area contributed by atoms with Crippen LogP contribution in [0.4, 0.5) is 0 Å². The second-order valence-electron chi connectivity index (χ2n) is 3.19. The molecule has 5 heteroatoms. The van der Waals surface area contributed by atoms with Gasteiger partial charge in [-0.3, -0.25) is 9.59 Å².